The van der Waals surface area contributed by atoms with E-state index in [1.807, 2.05) is 0 Å². The van der Waals surface area contributed by atoms with Gasteiger partial charge in [0.2, 0.25) is 0 Å². The molecule has 2 rings (SSSR count). The van der Waals surface area contributed by atoms with Gasteiger partial charge >= 0.3 is 23.1 Å². The Balaban J connectivity index is 2.58. The highest BCUT2D eigenvalue weighted by Crippen LogP contribution is 2.11. The number of hydrogen-bond acceptors (Lipinski definition) is 4. The molecule has 0 spiro atoms. The normalized spacial score (nSPS) is 10.5. The van der Waals surface area contributed by atoms with Gasteiger partial charge in [-0.2, -0.15) is 0 Å². The lowest BCUT2D eigenvalue weighted by molar-refractivity contribution is 0.0697. The van der Waals surface area contributed by atoms with Gasteiger partial charge in [0.1, 0.15) is 0 Å². The Morgan fingerprint density at radius 1 is 1.33 bits per heavy atom. The maximum absolute atomic E-state index is 11.9. The molecule has 9 heteroatoms. The number of H-pyrrole nitrogens is 1. The summed E-state index contributed by atoms with van der Waals surface area (Å²) in [6.07, 6.45) is 0. The SMILES string of the molecule is NC(=O)NCCn1c(=O)c(=O)[nH]c2ccc(C(=O)O)cc21. The highest BCUT2D eigenvalue weighted by molar-refractivity contribution is 5.92. The van der Waals surface area contributed by atoms with Crippen LogP contribution >= 0.6 is 0 Å². The summed E-state index contributed by atoms with van der Waals surface area (Å²) >= 11 is 0. The van der Waals surface area contributed by atoms with Crippen LogP contribution in [0, 0.1) is 0 Å². The molecule has 21 heavy (non-hydrogen) atoms. The van der Waals surface area contributed by atoms with Gasteiger partial charge in [-0.3, -0.25) is 9.59 Å². The summed E-state index contributed by atoms with van der Waals surface area (Å²) in [6, 6.07) is 3.23. The summed E-state index contributed by atoms with van der Waals surface area (Å²) in [5, 5.41) is 11.3. The topological polar surface area (TPSA) is 147 Å². The van der Waals surface area contributed by atoms with E-state index in [1.54, 1.807) is 0 Å². The van der Waals surface area contributed by atoms with Crippen LogP contribution in [0.15, 0.2) is 27.8 Å². The van der Waals surface area contributed by atoms with Gasteiger partial charge in [0.15, 0.2) is 0 Å². The molecule has 0 bridgehead atoms. The zero-order valence-corrected chi connectivity index (χ0v) is 10.8. The molecule has 0 saturated heterocycles. The third-order valence-corrected chi connectivity index (χ3v) is 2.86. The molecule has 110 valence electrons. The minimum atomic E-state index is -1.16. The number of hydrogen-bond donors (Lipinski definition) is 4. The first-order chi connectivity index (χ1) is 9.90. The average Bonchev–Trinajstić information content (AvgIpc) is 2.42. The molecule has 0 fully saturated rings. The Morgan fingerprint density at radius 2 is 2.05 bits per heavy atom. The van der Waals surface area contributed by atoms with E-state index in [4.69, 9.17) is 10.8 Å². The molecule has 1 aromatic heterocycles. The predicted molar refractivity (Wildman–Crippen MR) is 73.4 cm³/mol. The molecule has 0 saturated carbocycles. The number of carbonyl (C=O) groups excluding carboxylic acids is 1. The molecule has 0 unspecified atom stereocenters. The number of urea groups is 1. The molecule has 0 aliphatic carbocycles. The number of rotatable bonds is 4. The van der Waals surface area contributed by atoms with Crippen LogP contribution in [0.25, 0.3) is 11.0 Å². The first-order valence-electron chi connectivity index (χ1n) is 5.93. The lowest BCUT2D eigenvalue weighted by Gasteiger charge is -2.10. The Hall–Kier alpha value is -3.10. The number of carboxylic acid groups (broad SMARTS) is 1. The second-order valence-corrected chi connectivity index (χ2v) is 4.24. The van der Waals surface area contributed by atoms with E-state index in [2.05, 4.69) is 10.3 Å². The molecule has 2 aromatic rings. The minimum absolute atomic E-state index is 0.00866. The van der Waals surface area contributed by atoms with Crippen molar-refractivity contribution in [2.45, 2.75) is 6.54 Å². The van der Waals surface area contributed by atoms with Gasteiger partial charge in [0.05, 0.1) is 16.6 Å². The number of nitrogens with one attached hydrogen (secondary N) is 2. The van der Waals surface area contributed by atoms with Crippen molar-refractivity contribution in [1.82, 2.24) is 14.9 Å². The van der Waals surface area contributed by atoms with Gasteiger partial charge in [-0.25, -0.2) is 9.59 Å². The second-order valence-electron chi connectivity index (χ2n) is 4.24. The smallest absolute Gasteiger partial charge is 0.335 e. The molecule has 0 aliphatic rings. The Labute approximate surface area is 117 Å². The fraction of sp³-hybridized carbons (Fsp3) is 0.167. The van der Waals surface area contributed by atoms with Gasteiger partial charge in [-0.1, -0.05) is 0 Å². The number of nitrogens with zero attached hydrogens (tertiary/aromatic N) is 1. The summed E-state index contributed by atoms with van der Waals surface area (Å²) < 4.78 is 1.09. The Morgan fingerprint density at radius 3 is 2.67 bits per heavy atom. The van der Waals surface area contributed by atoms with E-state index in [-0.39, 0.29) is 24.2 Å². The monoisotopic (exact) mass is 292 g/mol. The minimum Gasteiger partial charge on any atom is -0.478 e. The fourth-order valence-electron chi connectivity index (χ4n) is 1.91. The maximum Gasteiger partial charge on any atom is 0.335 e. The molecule has 0 aliphatic heterocycles. The van der Waals surface area contributed by atoms with Crippen LogP contribution in [-0.4, -0.2) is 33.2 Å². The Bertz CT molecular complexity index is 836. The molecular formula is C12H12N4O5. The summed E-state index contributed by atoms with van der Waals surface area (Å²) in [6.45, 7) is 0.0242. The summed E-state index contributed by atoms with van der Waals surface area (Å²) in [7, 11) is 0. The molecule has 5 N–H and O–H groups in total. The standard InChI is InChI=1S/C12H12N4O5/c13-12(21)14-3-4-16-8-5-6(11(19)20)1-2-7(8)15-9(17)10(16)18/h1-2,5H,3-4H2,(H,15,17)(H,19,20)(H3,13,14,21). The van der Waals surface area contributed by atoms with Crippen LogP contribution in [0.5, 0.6) is 0 Å². The van der Waals surface area contributed by atoms with Crippen molar-refractivity contribution in [3.8, 4) is 0 Å². The van der Waals surface area contributed by atoms with Crippen molar-refractivity contribution < 1.29 is 14.7 Å². The fourth-order valence-corrected chi connectivity index (χ4v) is 1.91. The van der Waals surface area contributed by atoms with E-state index < -0.39 is 23.1 Å². The predicted octanol–water partition coefficient (Wildman–Crippen LogP) is -0.944. The van der Waals surface area contributed by atoms with Crippen molar-refractivity contribution in [1.29, 1.82) is 0 Å². The van der Waals surface area contributed by atoms with Crippen LogP contribution in [0.1, 0.15) is 10.4 Å². The first kappa shape index (κ1) is 14.3. The molecule has 2 amide bonds. The van der Waals surface area contributed by atoms with Gasteiger partial charge < -0.3 is 25.7 Å². The third kappa shape index (κ3) is 2.91. The number of nitrogens with two attached hydrogens (primary N) is 1. The molecule has 9 nitrogen and oxygen atoms in total. The van der Waals surface area contributed by atoms with Crippen LogP contribution in [0.4, 0.5) is 4.79 Å². The second kappa shape index (κ2) is 5.49. The molecule has 1 aromatic carbocycles. The van der Waals surface area contributed by atoms with E-state index in [0.717, 1.165) is 4.57 Å². The largest absolute Gasteiger partial charge is 0.478 e. The molecule has 1 heterocycles. The van der Waals surface area contributed by atoms with E-state index in [0.29, 0.717) is 5.52 Å². The van der Waals surface area contributed by atoms with E-state index >= 15 is 0 Å². The van der Waals surface area contributed by atoms with Gasteiger partial charge in [-0.05, 0) is 18.2 Å². The van der Waals surface area contributed by atoms with Crippen LogP contribution in [-0.2, 0) is 6.54 Å². The van der Waals surface area contributed by atoms with Gasteiger partial charge in [-0.15, -0.1) is 0 Å². The highest BCUT2D eigenvalue weighted by Gasteiger charge is 2.11. The molecule has 0 atom stereocenters. The number of aromatic amines is 1. The highest BCUT2D eigenvalue weighted by atomic mass is 16.4. The van der Waals surface area contributed by atoms with Crippen molar-refractivity contribution >= 4 is 23.0 Å². The summed E-state index contributed by atoms with van der Waals surface area (Å²) in [5.74, 6) is -1.16. The zero-order chi connectivity index (χ0) is 15.6. The van der Waals surface area contributed by atoms with Crippen molar-refractivity contribution in [3.63, 3.8) is 0 Å². The van der Waals surface area contributed by atoms with Crippen molar-refractivity contribution in [2.24, 2.45) is 5.73 Å². The van der Waals surface area contributed by atoms with E-state index in [9.17, 15) is 19.2 Å². The average molecular weight is 292 g/mol. The molecule has 0 radical (unpaired) electrons. The number of amides is 2. The van der Waals surface area contributed by atoms with Gasteiger partial charge in [0.25, 0.3) is 0 Å². The summed E-state index contributed by atoms with van der Waals surface area (Å²) in [5.41, 5.74) is 3.81. The number of carboxylic acids is 1. The first-order valence-corrected chi connectivity index (χ1v) is 5.93. The van der Waals surface area contributed by atoms with Gasteiger partial charge in [0, 0.05) is 13.1 Å². The zero-order valence-electron chi connectivity index (χ0n) is 10.8. The number of aromatic carboxylic acids is 1. The van der Waals surface area contributed by atoms with Crippen molar-refractivity contribution in [3.05, 3.63) is 44.5 Å². The van der Waals surface area contributed by atoms with E-state index in [1.165, 1.54) is 18.2 Å². The number of benzene rings is 1. The lowest BCUT2D eigenvalue weighted by atomic mass is 10.2. The lowest BCUT2D eigenvalue weighted by Crippen LogP contribution is -2.40. The molecular weight excluding hydrogens is 280 g/mol. The number of fused-ring (bicyclic) bond motifs is 1. The number of carbonyl (C=O) groups is 2. The quantitative estimate of drug-likeness (QED) is 0.537. The number of primary amides is 1. The third-order valence-electron chi connectivity index (χ3n) is 2.86. The van der Waals surface area contributed by atoms with Crippen LogP contribution in [0.3, 0.4) is 0 Å². The number of aromatic nitrogens is 2. The maximum atomic E-state index is 11.9. The Kier molecular flexibility index (Phi) is 3.74. The van der Waals surface area contributed by atoms with Crippen LogP contribution in [0.2, 0.25) is 0 Å². The van der Waals surface area contributed by atoms with Crippen molar-refractivity contribution in [2.75, 3.05) is 6.54 Å². The summed E-state index contributed by atoms with van der Waals surface area (Å²) in [4.78, 5) is 47.4. The van der Waals surface area contributed by atoms with Crippen LogP contribution < -0.4 is 22.2 Å².